The van der Waals surface area contributed by atoms with Crippen LogP contribution in [0.3, 0.4) is 0 Å². The maximum atomic E-state index is 12.9. The highest BCUT2D eigenvalue weighted by Gasteiger charge is 2.26. The molecule has 8 nitrogen and oxygen atoms in total. The average molecular weight is 511 g/mol. The van der Waals surface area contributed by atoms with Crippen molar-refractivity contribution in [2.75, 3.05) is 17.7 Å². The molecule has 1 aromatic carbocycles. The number of aryl methyl sites for hydroxylation is 1. The van der Waals surface area contributed by atoms with Crippen molar-refractivity contribution in [3.63, 3.8) is 0 Å². The molecule has 0 saturated heterocycles. The summed E-state index contributed by atoms with van der Waals surface area (Å²) in [5.74, 6) is -0.590. The normalized spacial score (nSPS) is 13.5. The van der Waals surface area contributed by atoms with E-state index in [2.05, 4.69) is 15.3 Å². The van der Waals surface area contributed by atoms with Gasteiger partial charge in [0.15, 0.2) is 5.16 Å². The first-order chi connectivity index (χ1) is 17.0. The van der Waals surface area contributed by atoms with Gasteiger partial charge in [0.25, 0.3) is 5.56 Å². The maximum absolute atomic E-state index is 12.9. The van der Waals surface area contributed by atoms with Gasteiger partial charge in [-0.3, -0.25) is 14.2 Å². The number of carbonyl (C=O) groups is 2. The molecule has 2 N–H and O–H groups in total. The molecule has 0 bridgehead atoms. The zero-order chi connectivity index (χ0) is 24.5. The Balaban J connectivity index is 1.39. The van der Waals surface area contributed by atoms with Crippen LogP contribution in [0, 0.1) is 0 Å². The maximum Gasteiger partial charge on any atom is 0.341 e. The molecule has 3 heterocycles. The van der Waals surface area contributed by atoms with Crippen LogP contribution in [-0.4, -0.2) is 38.8 Å². The van der Waals surface area contributed by atoms with E-state index < -0.39 is 0 Å². The molecule has 0 spiro atoms. The van der Waals surface area contributed by atoms with Gasteiger partial charge in [0.05, 0.1) is 17.9 Å². The molecule has 1 aliphatic rings. The summed E-state index contributed by atoms with van der Waals surface area (Å²) in [5.41, 5.74) is 3.21. The van der Waals surface area contributed by atoms with Gasteiger partial charge in [-0.15, -0.1) is 11.3 Å². The van der Waals surface area contributed by atoms with E-state index in [0.717, 1.165) is 53.4 Å². The second-order valence-corrected chi connectivity index (χ2v) is 10.5. The minimum atomic E-state index is -0.385. The van der Waals surface area contributed by atoms with Crippen LogP contribution in [0.4, 0.5) is 5.00 Å². The lowest BCUT2D eigenvalue weighted by molar-refractivity contribution is -0.113. The van der Waals surface area contributed by atoms with E-state index >= 15 is 0 Å². The zero-order valence-corrected chi connectivity index (χ0v) is 21.2. The third kappa shape index (κ3) is 4.48. The molecule has 0 unspecified atom stereocenters. The molecule has 182 valence electrons. The molecule has 0 fully saturated rings. The SMILES string of the molecule is CCOC(=O)c1c(NC(=O)CSc2nc3c([nH]c4ccccc43)c(=O)n2C)sc2c1CCCCC2. The van der Waals surface area contributed by atoms with Crippen molar-refractivity contribution in [1.29, 1.82) is 0 Å². The van der Waals surface area contributed by atoms with Gasteiger partial charge < -0.3 is 15.0 Å². The van der Waals surface area contributed by atoms with Gasteiger partial charge in [-0.25, -0.2) is 9.78 Å². The standard InChI is InChI=1S/C25H26N4O4S2/c1-3-33-24(32)19-15-10-5-4-6-12-17(15)35-22(19)27-18(30)13-34-25-28-20-14-9-7-8-11-16(14)26-21(20)23(31)29(25)2/h7-9,11,26H,3-6,10,12-13H2,1-2H3,(H,27,30). The molecule has 0 atom stereocenters. The number of H-pyrrole nitrogens is 1. The number of aromatic nitrogens is 3. The number of amides is 1. The lowest BCUT2D eigenvalue weighted by Crippen LogP contribution is -2.21. The number of anilines is 1. The van der Waals surface area contributed by atoms with Gasteiger partial charge in [0, 0.05) is 22.8 Å². The Morgan fingerprint density at radius 2 is 2.03 bits per heavy atom. The van der Waals surface area contributed by atoms with Crippen LogP contribution in [0.25, 0.3) is 21.9 Å². The Kier molecular flexibility index (Phi) is 6.66. The monoisotopic (exact) mass is 510 g/mol. The molecule has 10 heteroatoms. The quantitative estimate of drug-likeness (QED) is 0.169. The number of nitrogens with zero attached hydrogens (tertiary/aromatic N) is 2. The second kappa shape index (κ2) is 9.87. The van der Waals surface area contributed by atoms with Crippen LogP contribution in [0.1, 0.15) is 47.0 Å². The molecule has 4 aromatic rings. The fraction of sp³-hybridized carbons (Fsp3) is 0.360. The molecule has 0 aliphatic heterocycles. The number of benzene rings is 1. The minimum absolute atomic E-state index is 0.0545. The summed E-state index contributed by atoms with van der Waals surface area (Å²) in [6.07, 6.45) is 4.97. The Morgan fingerprint density at radius 1 is 1.23 bits per heavy atom. The third-order valence-corrected chi connectivity index (χ3v) is 8.41. The van der Waals surface area contributed by atoms with E-state index in [4.69, 9.17) is 4.74 Å². The third-order valence-electron chi connectivity index (χ3n) is 6.18. The predicted octanol–water partition coefficient (Wildman–Crippen LogP) is 4.65. The number of carbonyl (C=O) groups excluding carboxylic acids is 2. The van der Waals surface area contributed by atoms with Crippen LogP contribution >= 0.6 is 23.1 Å². The van der Waals surface area contributed by atoms with Crippen LogP contribution in [0.2, 0.25) is 0 Å². The number of fused-ring (bicyclic) bond motifs is 4. The number of aromatic amines is 1. The summed E-state index contributed by atoms with van der Waals surface area (Å²) in [5, 5.41) is 4.80. The summed E-state index contributed by atoms with van der Waals surface area (Å²) in [4.78, 5) is 47.5. The largest absolute Gasteiger partial charge is 0.462 e. The van der Waals surface area contributed by atoms with Gasteiger partial charge >= 0.3 is 5.97 Å². The van der Waals surface area contributed by atoms with Crippen molar-refractivity contribution in [2.24, 2.45) is 7.05 Å². The highest BCUT2D eigenvalue weighted by molar-refractivity contribution is 7.99. The highest BCUT2D eigenvalue weighted by atomic mass is 32.2. The number of ether oxygens (including phenoxy) is 1. The van der Waals surface area contributed by atoms with Crippen molar-refractivity contribution < 1.29 is 14.3 Å². The smallest absolute Gasteiger partial charge is 0.341 e. The molecule has 0 radical (unpaired) electrons. The lowest BCUT2D eigenvalue weighted by atomic mass is 10.1. The molecule has 5 rings (SSSR count). The van der Waals surface area contributed by atoms with Gasteiger partial charge in [-0.2, -0.15) is 0 Å². The van der Waals surface area contributed by atoms with E-state index in [0.29, 0.717) is 26.8 Å². The topological polar surface area (TPSA) is 106 Å². The molecule has 1 amide bonds. The first-order valence-corrected chi connectivity index (χ1v) is 13.5. The number of hydrogen-bond acceptors (Lipinski definition) is 7. The summed E-state index contributed by atoms with van der Waals surface area (Å²) >= 11 is 2.66. The highest BCUT2D eigenvalue weighted by Crippen LogP contribution is 2.38. The fourth-order valence-electron chi connectivity index (χ4n) is 4.50. The Labute approximate surface area is 210 Å². The Bertz CT molecular complexity index is 1500. The van der Waals surface area contributed by atoms with E-state index in [-0.39, 0.29) is 29.8 Å². The molecular formula is C25H26N4O4S2. The number of rotatable bonds is 6. The van der Waals surface area contributed by atoms with Crippen molar-refractivity contribution in [2.45, 2.75) is 44.2 Å². The van der Waals surface area contributed by atoms with E-state index in [9.17, 15) is 14.4 Å². The van der Waals surface area contributed by atoms with Crippen molar-refractivity contribution in [3.8, 4) is 0 Å². The number of esters is 1. The predicted molar refractivity (Wildman–Crippen MR) is 140 cm³/mol. The fourth-order valence-corrected chi connectivity index (χ4v) is 6.55. The molecule has 0 saturated carbocycles. The number of thiophene rings is 1. The average Bonchev–Trinajstić information content (AvgIpc) is 3.29. The van der Waals surface area contributed by atoms with Crippen molar-refractivity contribution >= 4 is 61.9 Å². The number of hydrogen-bond donors (Lipinski definition) is 2. The van der Waals surface area contributed by atoms with Crippen LogP contribution in [0.15, 0.2) is 34.2 Å². The summed E-state index contributed by atoms with van der Waals surface area (Å²) in [6.45, 7) is 2.06. The van der Waals surface area contributed by atoms with E-state index in [1.54, 1.807) is 14.0 Å². The molecular weight excluding hydrogens is 484 g/mol. The number of thioether (sulfide) groups is 1. The van der Waals surface area contributed by atoms with Gasteiger partial charge in [0.1, 0.15) is 16.0 Å². The summed E-state index contributed by atoms with van der Waals surface area (Å²) in [6, 6.07) is 7.62. The van der Waals surface area contributed by atoms with Gasteiger partial charge in [-0.1, -0.05) is 36.4 Å². The Hall–Kier alpha value is -3.11. The second-order valence-electron chi connectivity index (χ2n) is 8.48. The first kappa shape index (κ1) is 23.6. The number of para-hydroxylation sites is 1. The van der Waals surface area contributed by atoms with Gasteiger partial charge in [-0.05, 0) is 44.2 Å². The first-order valence-electron chi connectivity index (χ1n) is 11.7. The van der Waals surface area contributed by atoms with Crippen LogP contribution in [-0.2, 0) is 29.4 Å². The van der Waals surface area contributed by atoms with Crippen LogP contribution in [0.5, 0.6) is 0 Å². The van der Waals surface area contributed by atoms with Gasteiger partial charge in [0.2, 0.25) is 5.91 Å². The summed E-state index contributed by atoms with van der Waals surface area (Å²) < 4.78 is 6.75. The number of nitrogens with one attached hydrogen (secondary N) is 2. The van der Waals surface area contributed by atoms with E-state index in [1.165, 1.54) is 27.7 Å². The summed E-state index contributed by atoms with van der Waals surface area (Å²) in [7, 11) is 1.65. The molecule has 3 aromatic heterocycles. The van der Waals surface area contributed by atoms with Crippen LogP contribution < -0.4 is 10.9 Å². The molecule has 1 aliphatic carbocycles. The van der Waals surface area contributed by atoms with Crippen molar-refractivity contribution in [3.05, 3.63) is 50.6 Å². The Morgan fingerprint density at radius 3 is 2.86 bits per heavy atom. The minimum Gasteiger partial charge on any atom is -0.462 e. The zero-order valence-electron chi connectivity index (χ0n) is 19.6. The lowest BCUT2D eigenvalue weighted by Gasteiger charge is -2.09. The molecule has 35 heavy (non-hydrogen) atoms. The van der Waals surface area contributed by atoms with E-state index in [1.807, 2.05) is 24.3 Å². The van der Waals surface area contributed by atoms with Crippen molar-refractivity contribution in [1.82, 2.24) is 14.5 Å².